The predicted molar refractivity (Wildman–Crippen MR) is 79.6 cm³/mol. The van der Waals surface area contributed by atoms with Crippen LogP contribution in [0.15, 0.2) is 24.3 Å². The summed E-state index contributed by atoms with van der Waals surface area (Å²) in [6.07, 6.45) is 0.723. The lowest BCUT2D eigenvalue weighted by atomic mass is 10.1. The Kier molecular flexibility index (Phi) is 6.91. The molecular formula is C14H21ClFN3O. The number of halogens is 2. The van der Waals surface area contributed by atoms with Crippen molar-refractivity contribution in [3.63, 3.8) is 0 Å². The minimum absolute atomic E-state index is 0. The maximum atomic E-state index is 12.7. The van der Waals surface area contributed by atoms with Crippen molar-refractivity contribution in [3.8, 4) is 0 Å². The van der Waals surface area contributed by atoms with Crippen molar-refractivity contribution in [1.82, 2.24) is 15.5 Å². The summed E-state index contributed by atoms with van der Waals surface area (Å²) in [4.78, 5) is 13.8. The van der Waals surface area contributed by atoms with Crippen molar-refractivity contribution in [2.75, 3.05) is 33.2 Å². The molecule has 1 heterocycles. The molecule has 1 saturated heterocycles. The number of likely N-dealkylation sites (N-methyl/N-ethyl adjacent to an activating group) is 1. The van der Waals surface area contributed by atoms with Gasteiger partial charge in [-0.15, -0.1) is 12.4 Å². The molecule has 6 heteroatoms. The molecule has 0 spiro atoms. The predicted octanol–water partition coefficient (Wildman–Crippen LogP) is 0.810. The Morgan fingerprint density at radius 1 is 1.40 bits per heavy atom. The van der Waals surface area contributed by atoms with Crippen LogP contribution in [0.2, 0.25) is 0 Å². The van der Waals surface area contributed by atoms with Crippen LogP contribution in [0.25, 0.3) is 0 Å². The number of hydrogen-bond donors (Lipinski definition) is 2. The summed E-state index contributed by atoms with van der Waals surface area (Å²) in [6, 6.07) is 6.84. The molecule has 2 rings (SSSR count). The van der Waals surface area contributed by atoms with Crippen LogP contribution in [-0.4, -0.2) is 50.1 Å². The monoisotopic (exact) mass is 301 g/mol. The Hall–Kier alpha value is -1.17. The lowest BCUT2D eigenvalue weighted by molar-refractivity contribution is -0.122. The SMILES string of the molecule is CN(CC(=O)NCCc1ccc(F)cc1)C1CNC1.Cl. The van der Waals surface area contributed by atoms with E-state index in [9.17, 15) is 9.18 Å². The minimum atomic E-state index is -0.233. The van der Waals surface area contributed by atoms with Gasteiger partial charge in [0.1, 0.15) is 5.82 Å². The molecule has 0 radical (unpaired) electrons. The summed E-state index contributed by atoms with van der Waals surface area (Å²) in [6.45, 7) is 2.93. The average Bonchev–Trinajstić information content (AvgIpc) is 2.29. The molecule has 1 aromatic carbocycles. The normalized spacial score (nSPS) is 14.6. The van der Waals surface area contributed by atoms with E-state index in [-0.39, 0.29) is 24.1 Å². The molecule has 0 unspecified atom stereocenters. The van der Waals surface area contributed by atoms with E-state index in [4.69, 9.17) is 0 Å². The van der Waals surface area contributed by atoms with Crippen LogP contribution in [-0.2, 0) is 11.2 Å². The van der Waals surface area contributed by atoms with Gasteiger partial charge < -0.3 is 10.6 Å². The number of carbonyl (C=O) groups is 1. The van der Waals surface area contributed by atoms with Crippen LogP contribution in [0.5, 0.6) is 0 Å². The second kappa shape index (κ2) is 8.19. The lowest BCUT2D eigenvalue weighted by Crippen LogP contribution is -2.57. The molecule has 1 aliphatic heterocycles. The summed E-state index contributed by atoms with van der Waals surface area (Å²) in [7, 11) is 1.96. The van der Waals surface area contributed by atoms with E-state index in [2.05, 4.69) is 15.5 Å². The standard InChI is InChI=1S/C14H20FN3O.ClH/c1-18(13-8-16-9-13)10-14(19)17-7-6-11-2-4-12(15)5-3-11;/h2-5,13,16H,6-10H2,1H3,(H,17,19);1H. The van der Waals surface area contributed by atoms with E-state index in [1.54, 1.807) is 12.1 Å². The molecule has 0 aliphatic carbocycles. The molecule has 0 aromatic heterocycles. The van der Waals surface area contributed by atoms with Crippen molar-refractivity contribution in [3.05, 3.63) is 35.6 Å². The molecule has 1 fully saturated rings. The van der Waals surface area contributed by atoms with Gasteiger partial charge in [-0.05, 0) is 31.2 Å². The van der Waals surface area contributed by atoms with Gasteiger partial charge >= 0.3 is 0 Å². The molecule has 1 aliphatic rings. The highest BCUT2D eigenvalue weighted by Gasteiger charge is 2.22. The molecule has 4 nitrogen and oxygen atoms in total. The first-order chi connectivity index (χ1) is 9.15. The summed E-state index contributed by atoms with van der Waals surface area (Å²) < 4.78 is 12.7. The summed E-state index contributed by atoms with van der Waals surface area (Å²) in [5, 5.41) is 6.07. The molecular weight excluding hydrogens is 281 g/mol. The highest BCUT2D eigenvalue weighted by molar-refractivity contribution is 5.85. The van der Waals surface area contributed by atoms with E-state index < -0.39 is 0 Å². The number of hydrogen-bond acceptors (Lipinski definition) is 3. The molecule has 0 atom stereocenters. The van der Waals surface area contributed by atoms with E-state index in [1.165, 1.54) is 12.1 Å². The van der Waals surface area contributed by atoms with Crippen molar-refractivity contribution in [1.29, 1.82) is 0 Å². The topological polar surface area (TPSA) is 44.4 Å². The average molecular weight is 302 g/mol. The number of carbonyl (C=O) groups excluding carboxylic acids is 1. The number of nitrogens with one attached hydrogen (secondary N) is 2. The maximum Gasteiger partial charge on any atom is 0.234 e. The third-order valence-corrected chi connectivity index (χ3v) is 3.43. The van der Waals surface area contributed by atoms with Crippen LogP contribution < -0.4 is 10.6 Å². The second-order valence-electron chi connectivity index (χ2n) is 4.95. The van der Waals surface area contributed by atoms with Gasteiger partial charge in [-0.3, -0.25) is 9.69 Å². The molecule has 20 heavy (non-hydrogen) atoms. The van der Waals surface area contributed by atoms with Gasteiger partial charge in [-0.25, -0.2) is 4.39 Å². The van der Waals surface area contributed by atoms with Gasteiger partial charge in [0.2, 0.25) is 5.91 Å². The van der Waals surface area contributed by atoms with Gasteiger partial charge in [-0.2, -0.15) is 0 Å². The summed E-state index contributed by atoms with van der Waals surface area (Å²) in [5.74, 6) is -0.194. The van der Waals surface area contributed by atoms with Crippen molar-refractivity contribution < 1.29 is 9.18 Å². The van der Waals surface area contributed by atoms with E-state index in [0.717, 1.165) is 25.1 Å². The second-order valence-corrected chi connectivity index (χ2v) is 4.95. The Labute approximate surface area is 125 Å². The first-order valence-corrected chi connectivity index (χ1v) is 6.57. The van der Waals surface area contributed by atoms with Gasteiger partial charge in [0.25, 0.3) is 0 Å². The first kappa shape index (κ1) is 16.9. The molecule has 1 aromatic rings. The fraction of sp³-hybridized carbons (Fsp3) is 0.500. The largest absolute Gasteiger partial charge is 0.355 e. The van der Waals surface area contributed by atoms with E-state index >= 15 is 0 Å². The first-order valence-electron chi connectivity index (χ1n) is 6.57. The summed E-state index contributed by atoms with van der Waals surface area (Å²) >= 11 is 0. The quantitative estimate of drug-likeness (QED) is 0.817. The minimum Gasteiger partial charge on any atom is -0.355 e. The maximum absolute atomic E-state index is 12.7. The van der Waals surface area contributed by atoms with Gasteiger partial charge in [0, 0.05) is 25.7 Å². The zero-order chi connectivity index (χ0) is 13.7. The van der Waals surface area contributed by atoms with Crippen LogP contribution >= 0.6 is 12.4 Å². The molecule has 0 saturated carbocycles. The van der Waals surface area contributed by atoms with Crippen molar-refractivity contribution >= 4 is 18.3 Å². The zero-order valence-electron chi connectivity index (χ0n) is 11.6. The van der Waals surface area contributed by atoms with Crippen LogP contribution in [0.1, 0.15) is 5.56 Å². The van der Waals surface area contributed by atoms with Gasteiger partial charge in [-0.1, -0.05) is 12.1 Å². The third kappa shape index (κ3) is 5.07. The third-order valence-electron chi connectivity index (χ3n) is 3.43. The number of nitrogens with zero attached hydrogens (tertiary/aromatic N) is 1. The molecule has 1 amide bonds. The van der Waals surface area contributed by atoms with Gasteiger partial charge in [0.15, 0.2) is 0 Å². The van der Waals surface area contributed by atoms with Crippen LogP contribution in [0.3, 0.4) is 0 Å². The van der Waals surface area contributed by atoms with Crippen LogP contribution in [0.4, 0.5) is 4.39 Å². The fourth-order valence-corrected chi connectivity index (χ4v) is 1.99. The fourth-order valence-electron chi connectivity index (χ4n) is 1.99. The molecule has 112 valence electrons. The van der Waals surface area contributed by atoms with E-state index in [0.29, 0.717) is 19.1 Å². The zero-order valence-corrected chi connectivity index (χ0v) is 12.4. The Bertz CT molecular complexity index is 423. The van der Waals surface area contributed by atoms with Gasteiger partial charge in [0.05, 0.1) is 6.54 Å². The van der Waals surface area contributed by atoms with Crippen molar-refractivity contribution in [2.45, 2.75) is 12.5 Å². The number of benzene rings is 1. The van der Waals surface area contributed by atoms with E-state index in [1.807, 2.05) is 7.05 Å². The number of rotatable bonds is 6. The number of amides is 1. The van der Waals surface area contributed by atoms with Crippen molar-refractivity contribution in [2.24, 2.45) is 0 Å². The Morgan fingerprint density at radius 2 is 2.05 bits per heavy atom. The molecule has 0 bridgehead atoms. The molecule has 2 N–H and O–H groups in total. The smallest absolute Gasteiger partial charge is 0.234 e. The lowest BCUT2D eigenvalue weighted by Gasteiger charge is -2.35. The van der Waals surface area contributed by atoms with Crippen LogP contribution in [0, 0.1) is 5.82 Å². The highest BCUT2D eigenvalue weighted by Crippen LogP contribution is 2.03. The highest BCUT2D eigenvalue weighted by atomic mass is 35.5. The summed E-state index contributed by atoms with van der Waals surface area (Å²) in [5.41, 5.74) is 1.03. The Morgan fingerprint density at radius 3 is 2.60 bits per heavy atom. The Balaban J connectivity index is 0.00000200.